The first-order valence-corrected chi connectivity index (χ1v) is 11.0. The maximum Gasteiger partial charge on any atom is 0.251 e. The van der Waals surface area contributed by atoms with Crippen molar-refractivity contribution in [3.05, 3.63) is 66.1 Å². The first-order valence-electron chi connectivity index (χ1n) is 11.0. The summed E-state index contributed by atoms with van der Waals surface area (Å²) in [5.74, 6) is 0.956. The topological polar surface area (TPSA) is 57.8 Å². The van der Waals surface area contributed by atoms with E-state index in [9.17, 15) is 4.79 Å². The van der Waals surface area contributed by atoms with Gasteiger partial charge in [0.1, 0.15) is 0 Å². The average Bonchev–Trinajstić information content (AvgIpc) is 3.15. The number of carbonyl (C=O) groups is 1. The zero-order valence-corrected chi connectivity index (χ0v) is 17.5. The van der Waals surface area contributed by atoms with E-state index in [4.69, 9.17) is 0 Å². The van der Waals surface area contributed by atoms with Crippen molar-refractivity contribution in [3.63, 3.8) is 0 Å². The van der Waals surface area contributed by atoms with Crippen LogP contribution in [0.25, 0.3) is 10.9 Å². The highest BCUT2D eigenvalue weighted by atomic mass is 16.1. The van der Waals surface area contributed by atoms with E-state index >= 15 is 0 Å². The molecule has 2 N–H and O–H groups in total. The molecule has 0 atom stereocenters. The molecule has 2 heterocycles. The predicted octanol–water partition coefficient (Wildman–Crippen LogP) is 5.90. The van der Waals surface area contributed by atoms with E-state index in [2.05, 4.69) is 28.3 Å². The Morgan fingerprint density at radius 1 is 1.03 bits per heavy atom. The molecule has 0 saturated heterocycles. The number of rotatable bonds is 4. The molecule has 4 rings (SSSR count). The van der Waals surface area contributed by atoms with Crippen molar-refractivity contribution in [3.8, 4) is 0 Å². The van der Waals surface area contributed by atoms with E-state index in [-0.39, 0.29) is 5.91 Å². The minimum absolute atomic E-state index is 0.0627. The van der Waals surface area contributed by atoms with Gasteiger partial charge in [0.05, 0.1) is 0 Å². The number of fused-ring (bicyclic) bond motifs is 1. The number of nitrogens with zero attached hydrogens (tertiary/aromatic N) is 1. The first kappa shape index (κ1) is 21.1. The molecule has 2 aromatic heterocycles. The molecule has 0 aliphatic heterocycles. The third kappa shape index (κ3) is 6.74. The number of carbonyl (C=O) groups excluding carboxylic acids is 1. The monoisotopic (exact) mass is 391 g/mol. The Morgan fingerprint density at radius 3 is 2.48 bits per heavy atom. The Kier molecular flexibility index (Phi) is 8.29. The number of benzene rings is 1. The van der Waals surface area contributed by atoms with Gasteiger partial charge in [0, 0.05) is 41.6 Å². The number of aromatic nitrogens is 2. The largest absolute Gasteiger partial charge is 0.361 e. The maximum atomic E-state index is 11.9. The van der Waals surface area contributed by atoms with Crippen molar-refractivity contribution >= 4 is 16.8 Å². The predicted molar refractivity (Wildman–Crippen MR) is 120 cm³/mol. The highest BCUT2D eigenvalue weighted by Crippen LogP contribution is 2.21. The highest BCUT2D eigenvalue weighted by Gasteiger charge is 2.06. The van der Waals surface area contributed by atoms with Gasteiger partial charge in [-0.25, -0.2) is 0 Å². The maximum absolute atomic E-state index is 11.9. The molecule has 1 aromatic carbocycles. The number of para-hydroxylation sites is 1. The molecule has 4 nitrogen and oxygen atoms in total. The normalized spacial score (nSPS) is 15.1. The zero-order valence-electron chi connectivity index (χ0n) is 17.5. The lowest BCUT2D eigenvalue weighted by molar-refractivity contribution is 0.0954. The van der Waals surface area contributed by atoms with Crippen LogP contribution >= 0.6 is 0 Å². The van der Waals surface area contributed by atoms with E-state index in [0.29, 0.717) is 12.1 Å². The number of nitrogens with one attached hydrogen (secondary N) is 2. The van der Waals surface area contributed by atoms with Gasteiger partial charge in [-0.15, -0.1) is 0 Å². The summed E-state index contributed by atoms with van der Waals surface area (Å²) in [6, 6.07) is 11.6. The fraction of sp³-hybridized carbons (Fsp3) is 0.440. The van der Waals surface area contributed by atoms with Crippen molar-refractivity contribution in [1.29, 1.82) is 0 Å². The molecule has 0 radical (unpaired) electrons. The third-order valence-corrected chi connectivity index (χ3v) is 5.69. The van der Waals surface area contributed by atoms with Crippen molar-refractivity contribution in [2.24, 2.45) is 5.92 Å². The lowest BCUT2D eigenvalue weighted by Gasteiger charge is -2.13. The fourth-order valence-electron chi connectivity index (χ4n) is 3.91. The fourth-order valence-corrected chi connectivity index (χ4v) is 3.91. The summed E-state index contributed by atoms with van der Waals surface area (Å²) in [6.45, 7) is 3.01. The Labute approximate surface area is 174 Å². The number of aromatic amines is 1. The van der Waals surface area contributed by atoms with Crippen molar-refractivity contribution in [1.82, 2.24) is 15.3 Å². The number of H-pyrrole nitrogens is 1. The number of amides is 1. The molecule has 1 fully saturated rings. The van der Waals surface area contributed by atoms with Crippen LogP contribution in [0.1, 0.15) is 67.8 Å². The van der Waals surface area contributed by atoms with Crippen LogP contribution in [0.4, 0.5) is 0 Å². The molecule has 0 bridgehead atoms. The summed E-state index contributed by atoms with van der Waals surface area (Å²) < 4.78 is 0. The van der Waals surface area contributed by atoms with Crippen LogP contribution < -0.4 is 5.32 Å². The summed E-state index contributed by atoms with van der Waals surface area (Å²) in [5, 5.41) is 4.13. The molecule has 4 heteroatoms. The van der Waals surface area contributed by atoms with Crippen LogP contribution in [-0.4, -0.2) is 22.4 Å². The SMILES string of the molecule is CC1CCCCCCC1.O=C(NCCc1c[nH]c2ccccc12)c1ccncc1. The van der Waals surface area contributed by atoms with Gasteiger partial charge in [-0.3, -0.25) is 9.78 Å². The summed E-state index contributed by atoms with van der Waals surface area (Å²) in [5.41, 5.74) is 2.98. The quantitative estimate of drug-likeness (QED) is 0.581. The number of hydrogen-bond acceptors (Lipinski definition) is 2. The first-order chi connectivity index (χ1) is 14.2. The van der Waals surface area contributed by atoms with Crippen molar-refractivity contribution in [2.45, 2.75) is 58.3 Å². The number of hydrogen-bond donors (Lipinski definition) is 2. The summed E-state index contributed by atoms with van der Waals surface area (Å²) in [4.78, 5) is 19.0. The van der Waals surface area contributed by atoms with E-state index in [0.717, 1.165) is 17.9 Å². The van der Waals surface area contributed by atoms with Gasteiger partial charge >= 0.3 is 0 Å². The van der Waals surface area contributed by atoms with Crippen molar-refractivity contribution < 1.29 is 4.79 Å². The Bertz CT molecular complexity index is 864. The van der Waals surface area contributed by atoms with E-state index in [1.165, 1.54) is 55.9 Å². The zero-order chi connectivity index (χ0) is 20.3. The minimum Gasteiger partial charge on any atom is -0.361 e. The van der Waals surface area contributed by atoms with Crippen LogP contribution in [0, 0.1) is 5.92 Å². The van der Waals surface area contributed by atoms with Crippen molar-refractivity contribution in [2.75, 3.05) is 6.54 Å². The molecule has 154 valence electrons. The van der Waals surface area contributed by atoms with E-state index in [1.54, 1.807) is 24.5 Å². The molecule has 1 saturated carbocycles. The average molecular weight is 392 g/mol. The van der Waals surface area contributed by atoms with Crippen LogP contribution in [0.5, 0.6) is 0 Å². The molecule has 1 amide bonds. The Morgan fingerprint density at radius 2 is 1.72 bits per heavy atom. The molecular formula is C25H33N3O. The van der Waals surface area contributed by atoms with E-state index < -0.39 is 0 Å². The molecule has 3 aromatic rings. The van der Waals surface area contributed by atoms with Crippen LogP contribution in [0.3, 0.4) is 0 Å². The van der Waals surface area contributed by atoms with E-state index in [1.807, 2.05) is 24.4 Å². The van der Waals surface area contributed by atoms with Crippen LogP contribution in [-0.2, 0) is 6.42 Å². The lowest BCUT2D eigenvalue weighted by atomic mass is 9.93. The Hall–Kier alpha value is -2.62. The summed E-state index contributed by atoms with van der Waals surface area (Å²) in [7, 11) is 0. The van der Waals surface area contributed by atoms with Gasteiger partial charge in [0.15, 0.2) is 0 Å². The standard InChI is InChI=1S/C16H15N3O.C9H18/c20-16(12-5-8-17-9-6-12)18-10-7-13-11-19-15-4-2-1-3-14(13)15;1-9-7-5-3-2-4-6-8-9/h1-6,8-9,11,19H,7,10H2,(H,18,20);9H,2-8H2,1H3. The molecule has 1 aliphatic carbocycles. The number of pyridine rings is 1. The molecule has 0 unspecified atom stereocenters. The van der Waals surface area contributed by atoms with Crippen LogP contribution in [0.2, 0.25) is 0 Å². The molecule has 0 spiro atoms. The van der Waals surface area contributed by atoms with Gasteiger partial charge in [0.2, 0.25) is 0 Å². The highest BCUT2D eigenvalue weighted by molar-refractivity contribution is 5.94. The van der Waals surface area contributed by atoms with Gasteiger partial charge < -0.3 is 10.3 Å². The van der Waals surface area contributed by atoms with Gasteiger partial charge in [-0.05, 0) is 36.1 Å². The van der Waals surface area contributed by atoms with Gasteiger partial charge in [-0.2, -0.15) is 0 Å². The molecule has 1 aliphatic rings. The second kappa shape index (κ2) is 11.4. The summed E-state index contributed by atoms with van der Waals surface area (Å²) in [6.07, 6.45) is 16.5. The summed E-state index contributed by atoms with van der Waals surface area (Å²) >= 11 is 0. The second-order valence-electron chi connectivity index (χ2n) is 8.05. The third-order valence-electron chi connectivity index (χ3n) is 5.69. The minimum atomic E-state index is -0.0627. The van der Waals surface area contributed by atoms with Gasteiger partial charge in [0.25, 0.3) is 5.91 Å². The lowest BCUT2D eigenvalue weighted by Crippen LogP contribution is -2.25. The molecular weight excluding hydrogens is 358 g/mol. The Balaban J connectivity index is 0.000000224. The smallest absolute Gasteiger partial charge is 0.251 e. The van der Waals surface area contributed by atoms with Crippen LogP contribution in [0.15, 0.2) is 55.0 Å². The molecule has 29 heavy (non-hydrogen) atoms. The van der Waals surface area contributed by atoms with Gasteiger partial charge in [-0.1, -0.05) is 70.1 Å². The second-order valence-corrected chi connectivity index (χ2v) is 8.05.